The molecule has 7 heteroatoms. The molecule has 6 nitrogen and oxygen atoms in total. The Morgan fingerprint density at radius 3 is 2.59 bits per heavy atom. The lowest BCUT2D eigenvalue weighted by Gasteiger charge is -2.33. The van der Waals surface area contributed by atoms with Crippen LogP contribution in [0.3, 0.4) is 0 Å². The van der Waals surface area contributed by atoms with Gasteiger partial charge in [0.1, 0.15) is 12.4 Å². The second-order valence-corrected chi connectivity index (χ2v) is 8.49. The molecule has 4 aromatic rings. The molecular formula is C25H19ClN4O2. The minimum Gasteiger partial charge on any atom is -0.462 e. The van der Waals surface area contributed by atoms with E-state index in [4.69, 9.17) is 31.8 Å². The van der Waals surface area contributed by atoms with E-state index in [9.17, 15) is 0 Å². The Morgan fingerprint density at radius 2 is 1.84 bits per heavy atom. The van der Waals surface area contributed by atoms with Crippen LogP contribution in [0.15, 0.2) is 78.2 Å². The maximum absolute atomic E-state index is 6.25. The van der Waals surface area contributed by atoms with Crippen molar-refractivity contribution >= 4 is 17.6 Å². The monoisotopic (exact) mass is 442 g/mol. The molecular weight excluding hydrogens is 424 g/mol. The highest BCUT2D eigenvalue weighted by molar-refractivity contribution is 6.30. The Balaban J connectivity index is 1.55. The van der Waals surface area contributed by atoms with E-state index in [2.05, 4.69) is 11.1 Å². The van der Waals surface area contributed by atoms with Gasteiger partial charge in [-0.25, -0.2) is 4.99 Å². The maximum atomic E-state index is 6.25. The molecule has 0 unspecified atom stereocenters. The Kier molecular flexibility index (Phi) is 4.07. The number of aliphatic imine (C=N–C) groups is 1. The molecule has 0 bridgehead atoms. The fourth-order valence-corrected chi connectivity index (χ4v) is 4.61. The van der Waals surface area contributed by atoms with Crippen molar-refractivity contribution in [3.05, 3.63) is 89.3 Å². The molecule has 1 atom stereocenters. The number of benzene rings is 2. The predicted octanol–water partition coefficient (Wildman–Crippen LogP) is 5.10. The summed E-state index contributed by atoms with van der Waals surface area (Å²) in [6.45, 7) is 0.291. The lowest BCUT2D eigenvalue weighted by atomic mass is 9.80. The topological polar surface area (TPSA) is 74.7 Å². The van der Waals surface area contributed by atoms with Gasteiger partial charge in [0.15, 0.2) is 11.3 Å². The molecule has 2 aromatic carbocycles. The summed E-state index contributed by atoms with van der Waals surface area (Å²) in [4.78, 5) is 9.41. The third-order valence-corrected chi connectivity index (χ3v) is 6.21. The summed E-state index contributed by atoms with van der Waals surface area (Å²) < 4.78 is 13.9. The largest absolute Gasteiger partial charge is 0.462 e. The Labute approximate surface area is 189 Å². The van der Waals surface area contributed by atoms with Crippen molar-refractivity contribution in [2.75, 3.05) is 6.61 Å². The second-order valence-electron chi connectivity index (χ2n) is 8.05. The molecule has 0 saturated heterocycles. The molecule has 2 aliphatic heterocycles. The quantitative estimate of drug-likeness (QED) is 0.468. The van der Waals surface area contributed by atoms with Crippen LogP contribution >= 0.6 is 11.6 Å². The van der Waals surface area contributed by atoms with Gasteiger partial charge in [0.25, 0.3) is 6.02 Å². The van der Waals surface area contributed by atoms with Crippen molar-refractivity contribution in [1.82, 2.24) is 9.55 Å². The number of nitrogens with two attached hydrogens (primary N) is 1. The maximum Gasteiger partial charge on any atom is 0.283 e. The molecule has 2 aromatic heterocycles. The van der Waals surface area contributed by atoms with Gasteiger partial charge in [0, 0.05) is 41.2 Å². The zero-order chi connectivity index (χ0) is 21.9. The summed E-state index contributed by atoms with van der Waals surface area (Å²) in [6.07, 6.45) is 5.76. The molecule has 1 spiro atoms. The number of halogens is 1. The summed E-state index contributed by atoms with van der Waals surface area (Å²) in [5, 5.41) is 0.682. The minimum absolute atomic E-state index is 0.162. The van der Waals surface area contributed by atoms with Crippen LogP contribution in [0.25, 0.3) is 22.4 Å². The highest BCUT2D eigenvalue weighted by Gasteiger charge is 2.47. The first kappa shape index (κ1) is 19.0. The molecule has 4 heterocycles. The van der Waals surface area contributed by atoms with Gasteiger partial charge in [-0.2, -0.15) is 0 Å². The molecule has 0 aliphatic carbocycles. The molecule has 0 amide bonds. The van der Waals surface area contributed by atoms with Crippen LogP contribution in [0.1, 0.15) is 11.1 Å². The highest BCUT2D eigenvalue weighted by Crippen LogP contribution is 2.52. The fraction of sp³-hybridized carbons (Fsp3) is 0.120. The first-order valence-electron chi connectivity index (χ1n) is 10.2. The molecule has 2 aliphatic rings. The first-order valence-corrected chi connectivity index (χ1v) is 10.6. The number of aryl methyl sites for hydroxylation is 1. The lowest BCUT2D eigenvalue weighted by molar-refractivity contribution is 0.264. The summed E-state index contributed by atoms with van der Waals surface area (Å²) in [7, 11) is 1.98. The van der Waals surface area contributed by atoms with Crippen LogP contribution < -0.4 is 10.5 Å². The number of rotatable bonds is 2. The van der Waals surface area contributed by atoms with E-state index in [0.717, 1.165) is 33.5 Å². The van der Waals surface area contributed by atoms with Crippen molar-refractivity contribution in [2.45, 2.75) is 5.54 Å². The summed E-state index contributed by atoms with van der Waals surface area (Å²) in [6, 6.07) is 18.0. The molecule has 6 rings (SSSR count). The molecule has 32 heavy (non-hydrogen) atoms. The van der Waals surface area contributed by atoms with Crippen molar-refractivity contribution in [3.8, 4) is 33.9 Å². The van der Waals surface area contributed by atoms with E-state index in [-0.39, 0.29) is 6.02 Å². The SMILES string of the molecule is Cn1ccc(-c2cc3c(cn2)Oc2ccc(-c4cccc(Cl)c4)cc2[C@@]32COC(N)=N2)c1. The second kappa shape index (κ2) is 6.87. The Hall–Kier alpha value is -3.77. The van der Waals surface area contributed by atoms with Crippen LogP contribution in [0, 0.1) is 0 Å². The zero-order valence-electron chi connectivity index (χ0n) is 17.2. The van der Waals surface area contributed by atoms with Crippen LogP contribution in [0.5, 0.6) is 11.5 Å². The fourth-order valence-electron chi connectivity index (χ4n) is 4.42. The predicted molar refractivity (Wildman–Crippen MR) is 124 cm³/mol. The van der Waals surface area contributed by atoms with Crippen molar-refractivity contribution in [1.29, 1.82) is 0 Å². The minimum atomic E-state index is -0.811. The zero-order valence-corrected chi connectivity index (χ0v) is 18.0. The van der Waals surface area contributed by atoms with Gasteiger partial charge >= 0.3 is 0 Å². The van der Waals surface area contributed by atoms with Gasteiger partial charge in [-0.05, 0) is 47.5 Å². The van der Waals surface area contributed by atoms with Crippen molar-refractivity contribution in [2.24, 2.45) is 17.8 Å². The normalized spacial score (nSPS) is 18.5. The summed E-state index contributed by atoms with van der Waals surface area (Å²) in [5.41, 5.74) is 10.9. The molecule has 0 fully saturated rings. The summed E-state index contributed by atoms with van der Waals surface area (Å²) >= 11 is 6.23. The van der Waals surface area contributed by atoms with Gasteiger partial charge in [0.2, 0.25) is 0 Å². The average Bonchev–Trinajstić information content (AvgIpc) is 3.40. The molecule has 158 valence electrons. The number of pyridine rings is 1. The van der Waals surface area contributed by atoms with Crippen molar-refractivity contribution < 1.29 is 9.47 Å². The van der Waals surface area contributed by atoms with Gasteiger partial charge in [0.05, 0.1) is 11.9 Å². The smallest absolute Gasteiger partial charge is 0.283 e. The number of amidine groups is 1. The van der Waals surface area contributed by atoms with E-state index in [0.29, 0.717) is 23.1 Å². The van der Waals surface area contributed by atoms with E-state index >= 15 is 0 Å². The van der Waals surface area contributed by atoms with E-state index in [1.165, 1.54) is 0 Å². The molecule has 2 N–H and O–H groups in total. The van der Waals surface area contributed by atoms with E-state index in [1.807, 2.05) is 72.5 Å². The van der Waals surface area contributed by atoms with E-state index in [1.54, 1.807) is 6.20 Å². The summed E-state index contributed by atoms with van der Waals surface area (Å²) in [5.74, 6) is 1.36. The van der Waals surface area contributed by atoms with Crippen LogP contribution in [-0.4, -0.2) is 22.2 Å². The van der Waals surface area contributed by atoms with Crippen LogP contribution in [0.2, 0.25) is 5.02 Å². The molecule has 0 radical (unpaired) electrons. The molecule has 0 saturated carbocycles. The third kappa shape index (κ3) is 2.87. The number of aromatic nitrogens is 2. The van der Waals surface area contributed by atoms with E-state index < -0.39 is 5.54 Å². The number of nitrogens with zero attached hydrogens (tertiary/aromatic N) is 3. The average molecular weight is 443 g/mol. The first-order chi connectivity index (χ1) is 15.5. The lowest BCUT2D eigenvalue weighted by Crippen LogP contribution is -2.31. The highest BCUT2D eigenvalue weighted by atomic mass is 35.5. The van der Waals surface area contributed by atoms with Gasteiger partial charge < -0.3 is 19.8 Å². The van der Waals surface area contributed by atoms with Crippen LogP contribution in [-0.2, 0) is 17.3 Å². The van der Waals surface area contributed by atoms with Gasteiger partial charge in [-0.3, -0.25) is 4.98 Å². The van der Waals surface area contributed by atoms with Crippen molar-refractivity contribution in [3.63, 3.8) is 0 Å². The number of ether oxygens (including phenoxy) is 2. The standard InChI is InChI=1S/C25H19ClN4O2/c1-30-8-7-17(13-30)21-11-20-23(12-28-21)32-22-6-5-16(15-3-2-4-18(26)9-15)10-19(22)25(20)14-31-24(27)29-25/h2-13H,14H2,1H3,(H2,27,29)/t25-/m0/s1. The van der Waals surface area contributed by atoms with Crippen LogP contribution in [0.4, 0.5) is 0 Å². The van der Waals surface area contributed by atoms with Gasteiger partial charge in [-0.15, -0.1) is 0 Å². The number of fused-ring (bicyclic) bond motifs is 4. The Bertz CT molecular complexity index is 1410. The number of hydrogen-bond donors (Lipinski definition) is 1. The number of hydrogen-bond acceptors (Lipinski definition) is 5. The van der Waals surface area contributed by atoms with Gasteiger partial charge in [-0.1, -0.05) is 29.8 Å². The Morgan fingerprint density at radius 1 is 1.00 bits per heavy atom. The third-order valence-electron chi connectivity index (χ3n) is 5.97.